The summed E-state index contributed by atoms with van der Waals surface area (Å²) >= 11 is 0. The molecule has 0 spiro atoms. The SMILES string of the molecule is CCC(Oc1ccc(N(C)S(C)(=O)=O)cc1)C(=O)Nc1ccc(C(C)C)cc1. The summed E-state index contributed by atoms with van der Waals surface area (Å²) in [5.41, 5.74) is 2.46. The Morgan fingerprint density at radius 2 is 1.64 bits per heavy atom. The summed E-state index contributed by atoms with van der Waals surface area (Å²) in [6, 6.07) is 14.4. The molecule has 0 heterocycles. The van der Waals surface area contributed by atoms with Crippen LogP contribution in [0.15, 0.2) is 48.5 Å². The van der Waals surface area contributed by atoms with Crippen LogP contribution in [0.25, 0.3) is 0 Å². The van der Waals surface area contributed by atoms with E-state index in [1.54, 1.807) is 24.3 Å². The monoisotopic (exact) mass is 404 g/mol. The summed E-state index contributed by atoms with van der Waals surface area (Å²) in [5, 5.41) is 2.88. The van der Waals surface area contributed by atoms with Crippen LogP contribution in [-0.4, -0.2) is 33.7 Å². The second-order valence-electron chi connectivity index (χ2n) is 7.01. The first-order valence-corrected chi connectivity index (χ1v) is 11.1. The van der Waals surface area contributed by atoms with Crippen LogP contribution in [-0.2, 0) is 14.8 Å². The zero-order valence-corrected chi connectivity index (χ0v) is 17.8. The molecule has 6 nitrogen and oxygen atoms in total. The molecule has 0 radical (unpaired) electrons. The van der Waals surface area contributed by atoms with Crippen LogP contribution in [0.2, 0.25) is 0 Å². The predicted octanol–water partition coefficient (Wildman–Crippen LogP) is 4.00. The number of carbonyl (C=O) groups excluding carboxylic acids is 1. The van der Waals surface area contributed by atoms with Gasteiger partial charge in [-0.05, 0) is 54.3 Å². The van der Waals surface area contributed by atoms with Crippen molar-refractivity contribution in [2.75, 3.05) is 22.9 Å². The fourth-order valence-electron chi connectivity index (χ4n) is 2.59. The maximum Gasteiger partial charge on any atom is 0.265 e. The average molecular weight is 405 g/mol. The first-order chi connectivity index (χ1) is 13.1. The molecule has 2 aromatic carbocycles. The van der Waals surface area contributed by atoms with Crippen molar-refractivity contribution in [1.82, 2.24) is 0 Å². The number of nitrogens with one attached hydrogen (secondary N) is 1. The quantitative estimate of drug-likeness (QED) is 0.721. The third-order valence-electron chi connectivity index (χ3n) is 4.48. The van der Waals surface area contributed by atoms with E-state index in [9.17, 15) is 13.2 Å². The lowest BCUT2D eigenvalue weighted by Crippen LogP contribution is -2.32. The van der Waals surface area contributed by atoms with E-state index in [-0.39, 0.29) is 5.91 Å². The molecule has 0 fully saturated rings. The first-order valence-electron chi connectivity index (χ1n) is 9.23. The molecule has 1 N–H and O–H groups in total. The minimum Gasteiger partial charge on any atom is -0.481 e. The molecule has 0 saturated carbocycles. The summed E-state index contributed by atoms with van der Waals surface area (Å²) in [6.07, 6.45) is 0.993. The lowest BCUT2D eigenvalue weighted by atomic mass is 10.0. The second kappa shape index (κ2) is 9.10. The molecule has 7 heteroatoms. The third kappa shape index (κ3) is 5.73. The normalized spacial score (nSPS) is 12.5. The van der Waals surface area contributed by atoms with Crippen LogP contribution in [0.3, 0.4) is 0 Å². The van der Waals surface area contributed by atoms with Crippen molar-refractivity contribution < 1.29 is 17.9 Å². The Hall–Kier alpha value is -2.54. The number of ether oxygens (including phenoxy) is 1. The van der Waals surface area contributed by atoms with Gasteiger partial charge >= 0.3 is 0 Å². The fraction of sp³-hybridized carbons (Fsp3) is 0.381. The Kier molecular flexibility index (Phi) is 7.07. The summed E-state index contributed by atoms with van der Waals surface area (Å²) in [6.45, 7) is 6.11. The lowest BCUT2D eigenvalue weighted by Gasteiger charge is -2.19. The number of anilines is 2. The van der Waals surface area contributed by atoms with Crippen LogP contribution in [0.1, 0.15) is 38.7 Å². The minimum atomic E-state index is -3.32. The summed E-state index contributed by atoms with van der Waals surface area (Å²) < 4.78 is 30.2. The molecule has 28 heavy (non-hydrogen) atoms. The standard InChI is InChI=1S/C21H28N2O4S/c1-6-20(21(24)22-17-9-7-16(8-10-17)15(2)3)27-19-13-11-18(12-14-19)23(4)28(5,25)26/h7-15,20H,6H2,1-5H3,(H,22,24). The van der Waals surface area contributed by atoms with Gasteiger partial charge in [0, 0.05) is 12.7 Å². The Morgan fingerprint density at radius 1 is 1.07 bits per heavy atom. The summed E-state index contributed by atoms with van der Waals surface area (Å²) in [7, 11) is -1.84. The molecule has 1 amide bonds. The number of benzene rings is 2. The van der Waals surface area contributed by atoms with Crippen molar-refractivity contribution in [3.63, 3.8) is 0 Å². The number of hydrogen-bond donors (Lipinski definition) is 1. The van der Waals surface area contributed by atoms with E-state index in [0.717, 1.165) is 11.9 Å². The van der Waals surface area contributed by atoms with Crippen LogP contribution < -0.4 is 14.4 Å². The average Bonchev–Trinajstić information content (AvgIpc) is 2.65. The molecular formula is C21H28N2O4S. The molecule has 152 valence electrons. The van der Waals surface area contributed by atoms with Gasteiger partial charge in [0.25, 0.3) is 5.91 Å². The predicted molar refractivity (Wildman–Crippen MR) is 114 cm³/mol. The van der Waals surface area contributed by atoms with Gasteiger partial charge in [0.1, 0.15) is 5.75 Å². The highest BCUT2D eigenvalue weighted by Gasteiger charge is 2.19. The molecule has 2 rings (SSSR count). The van der Waals surface area contributed by atoms with Crippen molar-refractivity contribution in [2.45, 2.75) is 39.2 Å². The molecule has 0 aromatic heterocycles. The molecule has 1 unspecified atom stereocenters. The Balaban J connectivity index is 2.03. The maximum atomic E-state index is 12.5. The van der Waals surface area contributed by atoms with E-state index in [1.165, 1.54) is 16.9 Å². The van der Waals surface area contributed by atoms with E-state index in [4.69, 9.17) is 4.74 Å². The van der Waals surface area contributed by atoms with Crippen molar-refractivity contribution in [1.29, 1.82) is 0 Å². The van der Waals surface area contributed by atoms with Crippen LogP contribution in [0.5, 0.6) is 5.75 Å². The lowest BCUT2D eigenvalue weighted by molar-refractivity contribution is -0.122. The number of nitrogens with zero attached hydrogens (tertiary/aromatic N) is 1. The van der Waals surface area contributed by atoms with Gasteiger partial charge in [-0.2, -0.15) is 0 Å². The number of carbonyl (C=O) groups is 1. The zero-order chi connectivity index (χ0) is 20.9. The Labute approximate surface area is 167 Å². The minimum absolute atomic E-state index is 0.225. The highest BCUT2D eigenvalue weighted by Crippen LogP contribution is 2.22. The Bertz CT molecular complexity index is 891. The van der Waals surface area contributed by atoms with Gasteiger partial charge in [0.2, 0.25) is 10.0 Å². The van der Waals surface area contributed by atoms with Crippen molar-refractivity contribution in [3.05, 3.63) is 54.1 Å². The topological polar surface area (TPSA) is 75.7 Å². The van der Waals surface area contributed by atoms with Gasteiger partial charge in [-0.25, -0.2) is 8.42 Å². The molecule has 0 aliphatic rings. The first kappa shape index (κ1) is 21.8. The molecule has 1 atom stereocenters. The molecule has 2 aromatic rings. The van der Waals surface area contributed by atoms with E-state index in [2.05, 4.69) is 19.2 Å². The second-order valence-corrected chi connectivity index (χ2v) is 9.02. The molecule has 0 saturated heterocycles. The summed E-state index contributed by atoms with van der Waals surface area (Å²) in [5.74, 6) is 0.709. The van der Waals surface area contributed by atoms with E-state index < -0.39 is 16.1 Å². The third-order valence-corrected chi connectivity index (χ3v) is 5.69. The van der Waals surface area contributed by atoms with E-state index in [1.807, 2.05) is 31.2 Å². The smallest absolute Gasteiger partial charge is 0.265 e. The van der Waals surface area contributed by atoms with Crippen LogP contribution in [0, 0.1) is 0 Å². The number of rotatable bonds is 8. The van der Waals surface area contributed by atoms with E-state index in [0.29, 0.717) is 23.8 Å². The largest absolute Gasteiger partial charge is 0.481 e. The van der Waals surface area contributed by atoms with Gasteiger partial charge < -0.3 is 10.1 Å². The number of sulfonamides is 1. The molecule has 0 bridgehead atoms. The zero-order valence-electron chi connectivity index (χ0n) is 17.0. The van der Waals surface area contributed by atoms with Crippen LogP contribution >= 0.6 is 0 Å². The van der Waals surface area contributed by atoms with Gasteiger partial charge in [0.15, 0.2) is 6.10 Å². The van der Waals surface area contributed by atoms with Crippen molar-refractivity contribution >= 4 is 27.3 Å². The van der Waals surface area contributed by atoms with Gasteiger partial charge in [-0.1, -0.05) is 32.9 Å². The number of amides is 1. The van der Waals surface area contributed by atoms with Crippen LogP contribution in [0.4, 0.5) is 11.4 Å². The number of hydrogen-bond acceptors (Lipinski definition) is 4. The fourth-order valence-corrected chi connectivity index (χ4v) is 3.09. The van der Waals surface area contributed by atoms with Gasteiger partial charge in [-0.15, -0.1) is 0 Å². The van der Waals surface area contributed by atoms with E-state index >= 15 is 0 Å². The van der Waals surface area contributed by atoms with Gasteiger partial charge in [0.05, 0.1) is 11.9 Å². The van der Waals surface area contributed by atoms with Crippen molar-refractivity contribution in [3.8, 4) is 5.75 Å². The molecule has 0 aliphatic heterocycles. The van der Waals surface area contributed by atoms with Crippen molar-refractivity contribution in [2.24, 2.45) is 0 Å². The highest BCUT2D eigenvalue weighted by molar-refractivity contribution is 7.92. The highest BCUT2D eigenvalue weighted by atomic mass is 32.2. The Morgan fingerprint density at radius 3 is 2.11 bits per heavy atom. The maximum absolute atomic E-state index is 12.5. The molecular weight excluding hydrogens is 376 g/mol. The summed E-state index contributed by atoms with van der Waals surface area (Å²) in [4.78, 5) is 12.5. The molecule has 0 aliphatic carbocycles. The van der Waals surface area contributed by atoms with Gasteiger partial charge in [-0.3, -0.25) is 9.10 Å².